The lowest BCUT2D eigenvalue weighted by Gasteiger charge is -2.12. The molecule has 0 saturated heterocycles. The Morgan fingerprint density at radius 3 is 2.90 bits per heavy atom. The van der Waals surface area contributed by atoms with Gasteiger partial charge in [0.15, 0.2) is 0 Å². The minimum absolute atomic E-state index is 0.478. The number of nitrogens with one attached hydrogen (secondary N) is 1. The SMILES string of the molecule is CC(C)NCCCOc1c(C#N)cnc2ccccc12. The lowest BCUT2D eigenvalue weighted by atomic mass is 10.1. The van der Waals surface area contributed by atoms with Crippen molar-refractivity contribution in [2.45, 2.75) is 26.3 Å². The van der Waals surface area contributed by atoms with Crippen molar-refractivity contribution in [3.8, 4) is 11.8 Å². The molecule has 1 heterocycles. The first kappa shape index (κ1) is 14.3. The summed E-state index contributed by atoms with van der Waals surface area (Å²) < 4.78 is 5.82. The number of para-hydroxylation sites is 1. The Labute approximate surface area is 119 Å². The van der Waals surface area contributed by atoms with Gasteiger partial charge in [0, 0.05) is 17.6 Å². The van der Waals surface area contributed by atoms with E-state index >= 15 is 0 Å². The zero-order valence-corrected chi connectivity index (χ0v) is 11.9. The Morgan fingerprint density at radius 2 is 2.15 bits per heavy atom. The molecule has 0 unspecified atom stereocenters. The van der Waals surface area contributed by atoms with Gasteiger partial charge in [0.2, 0.25) is 0 Å². The van der Waals surface area contributed by atoms with Crippen LogP contribution in [0.4, 0.5) is 0 Å². The van der Waals surface area contributed by atoms with Gasteiger partial charge in [-0.1, -0.05) is 26.0 Å². The molecular weight excluding hydrogens is 250 g/mol. The summed E-state index contributed by atoms with van der Waals surface area (Å²) in [4.78, 5) is 4.27. The highest BCUT2D eigenvalue weighted by atomic mass is 16.5. The minimum Gasteiger partial charge on any atom is -0.491 e. The molecule has 4 heteroatoms. The van der Waals surface area contributed by atoms with Gasteiger partial charge in [-0.3, -0.25) is 4.98 Å². The molecule has 0 aliphatic carbocycles. The summed E-state index contributed by atoms with van der Waals surface area (Å²) >= 11 is 0. The number of hydrogen-bond acceptors (Lipinski definition) is 4. The third kappa shape index (κ3) is 3.46. The van der Waals surface area contributed by atoms with Crippen LogP contribution in [-0.4, -0.2) is 24.2 Å². The molecule has 0 spiro atoms. The van der Waals surface area contributed by atoms with E-state index < -0.39 is 0 Å². The minimum atomic E-state index is 0.478. The number of pyridine rings is 1. The van der Waals surface area contributed by atoms with E-state index in [4.69, 9.17) is 4.74 Å². The zero-order valence-electron chi connectivity index (χ0n) is 11.9. The highest BCUT2D eigenvalue weighted by Crippen LogP contribution is 2.27. The maximum Gasteiger partial charge on any atom is 0.148 e. The van der Waals surface area contributed by atoms with Crippen molar-refractivity contribution in [2.75, 3.05) is 13.2 Å². The van der Waals surface area contributed by atoms with E-state index in [9.17, 15) is 5.26 Å². The van der Waals surface area contributed by atoms with E-state index in [0.29, 0.717) is 24.0 Å². The maximum absolute atomic E-state index is 9.17. The van der Waals surface area contributed by atoms with Crippen LogP contribution in [0.25, 0.3) is 10.9 Å². The van der Waals surface area contributed by atoms with Gasteiger partial charge < -0.3 is 10.1 Å². The molecule has 1 N–H and O–H groups in total. The number of nitriles is 1. The second-order valence-electron chi connectivity index (χ2n) is 4.94. The predicted molar refractivity (Wildman–Crippen MR) is 79.7 cm³/mol. The highest BCUT2D eigenvalue weighted by Gasteiger charge is 2.09. The third-order valence-corrected chi connectivity index (χ3v) is 2.97. The van der Waals surface area contributed by atoms with Gasteiger partial charge in [-0.15, -0.1) is 0 Å². The average molecular weight is 269 g/mol. The van der Waals surface area contributed by atoms with Crippen LogP contribution in [0.2, 0.25) is 0 Å². The lowest BCUT2D eigenvalue weighted by molar-refractivity contribution is 0.308. The van der Waals surface area contributed by atoms with Gasteiger partial charge in [0.1, 0.15) is 17.4 Å². The van der Waals surface area contributed by atoms with E-state index in [1.165, 1.54) is 0 Å². The second-order valence-corrected chi connectivity index (χ2v) is 4.94. The molecule has 0 amide bonds. The average Bonchev–Trinajstić information content (AvgIpc) is 2.46. The molecule has 0 radical (unpaired) electrons. The molecule has 1 aromatic heterocycles. The summed E-state index contributed by atoms with van der Waals surface area (Å²) in [6, 6.07) is 10.3. The molecule has 2 rings (SSSR count). The Morgan fingerprint density at radius 1 is 1.35 bits per heavy atom. The fraction of sp³-hybridized carbons (Fsp3) is 0.375. The van der Waals surface area contributed by atoms with Crippen molar-refractivity contribution in [2.24, 2.45) is 0 Å². The van der Waals surface area contributed by atoms with Gasteiger partial charge in [-0.05, 0) is 25.1 Å². The fourth-order valence-electron chi connectivity index (χ4n) is 1.99. The molecule has 0 aliphatic rings. The summed E-state index contributed by atoms with van der Waals surface area (Å²) in [5, 5.41) is 13.4. The fourth-order valence-corrected chi connectivity index (χ4v) is 1.99. The number of rotatable bonds is 6. The van der Waals surface area contributed by atoms with Gasteiger partial charge >= 0.3 is 0 Å². The van der Waals surface area contributed by atoms with Gasteiger partial charge in [-0.25, -0.2) is 0 Å². The Balaban J connectivity index is 2.10. The maximum atomic E-state index is 9.17. The predicted octanol–water partition coefficient (Wildman–Crippen LogP) is 2.87. The van der Waals surface area contributed by atoms with Crippen molar-refractivity contribution < 1.29 is 4.74 Å². The number of ether oxygens (including phenoxy) is 1. The van der Waals surface area contributed by atoms with Crippen LogP contribution in [0.3, 0.4) is 0 Å². The quantitative estimate of drug-likeness (QED) is 0.819. The van der Waals surface area contributed by atoms with E-state index in [0.717, 1.165) is 23.9 Å². The van der Waals surface area contributed by atoms with Crippen LogP contribution in [0.15, 0.2) is 30.5 Å². The molecule has 2 aromatic rings. The monoisotopic (exact) mass is 269 g/mol. The Kier molecular flexibility index (Phi) is 4.91. The summed E-state index contributed by atoms with van der Waals surface area (Å²) in [7, 11) is 0. The highest BCUT2D eigenvalue weighted by molar-refractivity contribution is 5.86. The number of aromatic nitrogens is 1. The van der Waals surface area contributed by atoms with Crippen LogP contribution < -0.4 is 10.1 Å². The number of benzene rings is 1. The van der Waals surface area contributed by atoms with Crippen LogP contribution in [0.5, 0.6) is 5.75 Å². The number of fused-ring (bicyclic) bond motifs is 1. The molecule has 4 nitrogen and oxygen atoms in total. The molecule has 0 bridgehead atoms. The van der Waals surface area contributed by atoms with Crippen molar-refractivity contribution in [3.05, 3.63) is 36.0 Å². The first-order valence-corrected chi connectivity index (χ1v) is 6.86. The zero-order chi connectivity index (χ0) is 14.4. The second kappa shape index (κ2) is 6.88. The van der Waals surface area contributed by atoms with Crippen LogP contribution in [0, 0.1) is 11.3 Å². The van der Waals surface area contributed by atoms with Gasteiger partial charge in [0.25, 0.3) is 0 Å². The molecule has 0 atom stereocenters. The molecule has 104 valence electrons. The topological polar surface area (TPSA) is 57.9 Å². The van der Waals surface area contributed by atoms with E-state index in [1.807, 2.05) is 24.3 Å². The summed E-state index contributed by atoms with van der Waals surface area (Å²) in [5.74, 6) is 0.641. The molecular formula is C16H19N3O. The standard InChI is InChI=1S/C16H19N3O/c1-12(2)18-8-5-9-20-16-13(10-17)11-19-15-7-4-3-6-14(15)16/h3-4,6-7,11-12,18H,5,8-9H2,1-2H3. The normalized spacial score (nSPS) is 10.7. The Hall–Kier alpha value is -2.12. The van der Waals surface area contributed by atoms with Crippen molar-refractivity contribution in [1.82, 2.24) is 10.3 Å². The van der Waals surface area contributed by atoms with Crippen molar-refractivity contribution >= 4 is 10.9 Å². The van der Waals surface area contributed by atoms with E-state index in [1.54, 1.807) is 6.20 Å². The summed E-state index contributed by atoms with van der Waals surface area (Å²) in [6.07, 6.45) is 2.48. The summed E-state index contributed by atoms with van der Waals surface area (Å²) in [5.41, 5.74) is 1.34. The van der Waals surface area contributed by atoms with Crippen LogP contribution in [-0.2, 0) is 0 Å². The van der Waals surface area contributed by atoms with Crippen molar-refractivity contribution in [1.29, 1.82) is 5.26 Å². The van der Waals surface area contributed by atoms with Crippen LogP contribution >= 0.6 is 0 Å². The molecule has 0 fully saturated rings. The molecule has 0 aliphatic heterocycles. The summed E-state index contributed by atoms with van der Waals surface area (Å²) in [6.45, 7) is 5.72. The number of nitrogens with zero attached hydrogens (tertiary/aromatic N) is 2. The van der Waals surface area contributed by atoms with Crippen molar-refractivity contribution in [3.63, 3.8) is 0 Å². The first-order chi connectivity index (χ1) is 9.72. The Bertz CT molecular complexity index is 617. The largest absolute Gasteiger partial charge is 0.491 e. The van der Waals surface area contributed by atoms with Gasteiger partial charge in [0.05, 0.1) is 12.1 Å². The van der Waals surface area contributed by atoms with E-state index in [2.05, 4.69) is 30.2 Å². The first-order valence-electron chi connectivity index (χ1n) is 6.86. The van der Waals surface area contributed by atoms with Gasteiger partial charge in [-0.2, -0.15) is 5.26 Å². The number of hydrogen-bond donors (Lipinski definition) is 1. The molecule has 1 aromatic carbocycles. The lowest BCUT2D eigenvalue weighted by Crippen LogP contribution is -2.24. The smallest absolute Gasteiger partial charge is 0.148 e. The third-order valence-electron chi connectivity index (χ3n) is 2.97. The molecule has 0 saturated carbocycles. The van der Waals surface area contributed by atoms with Crippen LogP contribution in [0.1, 0.15) is 25.8 Å². The molecule has 20 heavy (non-hydrogen) atoms. The van der Waals surface area contributed by atoms with E-state index in [-0.39, 0.29) is 0 Å².